The van der Waals surface area contributed by atoms with Crippen molar-refractivity contribution in [1.29, 1.82) is 0 Å². The van der Waals surface area contributed by atoms with Crippen LogP contribution >= 0.6 is 0 Å². The maximum absolute atomic E-state index is 12.4. The van der Waals surface area contributed by atoms with Crippen LogP contribution in [0, 0.1) is 10.1 Å². The number of aryl methyl sites for hydroxylation is 1. The lowest BCUT2D eigenvalue weighted by molar-refractivity contribution is -0.385. The zero-order valence-electron chi connectivity index (χ0n) is 16.6. The fourth-order valence-corrected chi connectivity index (χ4v) is 2.96. The number of likely N-dealkylation sites (N-methyl/N-ethyl adjacent to an activating group) is 1. The molecular weight excluding hydrogens is 390 g/mol. The van der Waals surface area contributed by atoms with Gasteiger partial charge in [-0.15, -0.1) is 0 Å². The lowest BCUT2D eigenvalue weighted by Crippen LogP contribution is -2.34. The van der Waals surface area contributed by atoms with Crippen molar-refractivity contribution in [3.8, 4) is 11.5 Å². The van der Waals surface area contributed by atoms with E-state index in [1.165, 1.54) is 36.2 Å². The summed E-state index contributed by atoms with van der Waals surface area (Å²) < 4.78 is 10.4. The zero-order valence-corrected chi connectivity index (χ0v) is 16.6. The van der Waals surface area contributed by atoms with Crippen LogP contribution in [0.2, 0.25) is 0 Å². The number of anilines is 1. The van der Waals surface area contributed by atoms with Crippen molar-refractivity contribution in [2.75, 3.05) is 25.7 Å². The van der Waals surface area contributed by atoms with E-state index < -0.39 is 10.8 Å². The van der Waals surface area contributed by atoms with Gasteiger partial charge in [0.1, 0.15) is 0 Å². The van der Waals surface area contributed by atoms with Crippen molar-refractivity contribution >= 4 is 29.3 Å². The number of nitro benzene ring substituents is 1. The summed E-state index contributed by atoms with van der Waals surface area (Å²) in [5, 5.41) is 14.1. The summed E-state index contributed by atoms with van der Waals surface area (Å²) in [5.74, 6) is -0.156. The molecule has 1 heterocycles. The summed E-state index contributed by atoms with van der Waals surface area (Å²) >= 11 is 0. The summed E-state index contributed by atoms with van der Waals surface area (Å²) in [7, 11) is 1.48. The van der Waals surface area contributed by atoms with Crippen LogP contribution in [-0.2, 0) is 16.0 Å². The van der Waals surface area contributed by atoms with Gasteiger partial charge >= 0.3 is 0 Å². The number of hydrogen-bond acceptors (Lipinski definition) is 6. The molecule has 0 atom stereocenters. The van der Waals surface area contributed by atoms with E-state index >= 15 is 0 Å². The van der Waals surface area contributed by atoms with Gasteiger partial charge in [0.25, 0.3) is 5.69 Å². The molecule has 0 radical (unpaired) electrons. The minimum atomic E-state index is -0.561. The molecular formula is C21H21N3O6. The zero-order chi connectivity index (χ0) is 21.7. The smallest absolute Gasteiger partial charge is 0.280 e. The Balaban J connectivity index is 1.66. The van der Waals surface area contributed by atoms with Gasteiger partial charge in [0, 0.05) is 18.8 Å². The highest BCUT2D eigenvalue weighted by Crippen LogP contribution is 2.38. The molecule has 2 amide bonds. The van der Waals surface area contributed by atoms with Gasteiger partial charge in [-0.1, -0.05) is 25.1 Å². The molecule has 30 heavy (non-hydrogen) atoms. The van der Waals surface area contributed by atoms with E-state index in [1.807, 2.05) is 25.1 Å². The molecule has 2 aromatic carbocycles. The quantitative estimate of drug-likeness (QED) is 0.426. The largest absolute Gasteiger partial charge is 0.454 e. The Bertz CT molecular complexity index is 1020. The Morgan fingerprint density at radius 3 is 2.63 bits per heavy atom. The lowest BCUT2D eigenvalue weighted by Gasteiger charge is -2.16. The van der Waals surface area contributed by atoms with Crippen LogP contribution in [0.4, 0.5) is 11.4 Å². The lowest BCUT2D eigenvalue weighted by atomic mass is 10.1. The number of ether oxygens (including phenoxy) is 2. The third-order valence-corrected chi connectivity index (χ3v) is 4.55. The van der Waals surface area contributed by atoms with Gasteiger partial charge in [0.15, 0.2) is 11.5 Å². The minimum absolute atomic E-state index is 0.0163. The number of nitrogens with zero attached hydrogens (tertiary/aromatic N) is 2. The van der Waals surface area contributed by atoms with Crippen LogP contribution in [0.5, 0.6) is 11.5 Å². The number of hydrogen-bond donors (Lipinski definition) is 1. The van der Waals surface area contributed by atoms with Gasteiger partial charge < -0.3 is 19.7 Å². The number of nitrogens with one attached hydrogen (secondary N) is 1. The van der Waals surface area contributed by atoms with Crippen LogP contribution < -0.4 is 14.8 Å². The van der Waals surface area contributed by atoms with Gasteiger partial charge in [0.2, 0.25) is 18.6 Å². The number of para-hydroxylation sites is 1. The third kappa shape index (κ3) is 4.75. The number of benzene rings is 2. The fraction of sp³-hybridized carbons (Fsp3) is 0.238. The highest BCUT2D eigenvalue weighted by Gasteiger charge is 2.22. The van der Waals surface area contributed by atoms with Crippen molar-refractivity contribution in [1.82, 2.24) is 4.90 Å². The van der Waals surface area contributed by atoms with Crippen molar-refractivity contribution in [2.45, 2.75) is 13.3 Å². The molecule has 0 fully saturated rings. The van der Waals surface area contributed by atoms with Gasteiger partial charge in [-0.25, -0.2) is 0 Å². The van der Waals surface area contributed by atoms with E-state index in [9.17, 15) is 19.7 Å². The molecule has 0 unspecified atom stereocenters. The second-order valence-corrected chi connectivity index (χ2v) is 6.61. The van der Waals surface area contributed by atoms with Crippen molar-refractivity contribution in [2.24, 2.45) is 0 Å². The van der Waals surface area contributed by atoms with Crippen molar-refractivity contribution in [3.05, 3.63) is 63.7 Å². The van der Waals surface area contributed by atoms with E-state index in [-0.39, 0.29) is 36.2 Å². The standard InChI is InChI=1S/C21H21N3O6/c1-3-14-6-4-5-7-16(14)22-20(25)12-23(2)21(26)9-8-15-10-18-19(30-13-29-18)11-17(15)24(27)28/h4-11H,3,12-13H2,1-2H3,(H,22,25)/b9-8+. The van der Waals surface area contributed by atoms with Gasteiger partial charge in [0.05, 0.1) is 23.1 Å². The number of carbonyl (C=O) groups excluding carboxylic acids is 2. The SMILES string of the molecule is CCc1ccccc1NC(=O)CN(C)C(=O)/C=C/c1cc2c(cc1[N+](=O)[O-])OCO2. The summed E-state index contributed by atoms with van der Waals surface area (Å²) in [5.41, 5.74) is 1.69. The summed E-state index contributed by atoms with van der Waals surface area (Å²) in [4.78, 5) is 36.6. The Morgan fingerprint density at radius 1 is 1.23 bits per heavy atom. The number of nitro groups is 1. The number of amides is 2. The predicted molar refractivity (Wildman–Crippen MR) is 110 cm³/mol. The monoisotopic (exact) mass is 411 g/mol. The summed E-state index contributed by atoms with van der Waals surface area (Å²) in [6, 6.07) is 10.1. The summed E-state index contributed by atoms with van der Waals surface area (Å²) in [6.07, 6.45) is 3.27. The van der Waals surface area contributed by atoms with Gasteiger partial charge in [-0.3, -0.25) is 19.7 Å². The molecule has 0 spiro atoms. The molecule has 0 saturated heterocycles. The molecule has 156 valence electrons. The number of rotatable bonds is 7. The maximum atomic E-state index is 12.4. The van der Waals surface area contributed by atoms with E-state index in [2.05, 4.69) is 5.32 Å². The molecule has 3 rings (SSSR count). The third-order valence-electron chi connectivity index (χ3n) is 4.55. The molecule has 0 bridgehead atoms. The van der Waals surface area contributed by atoms with Crippen LogP contribution in [0.25, 0.3) is 6.08 Å². The predicted octanol–water partition coefficient (Wildman–Crippen LogP) is 3.00. The maximum Gasteiger partial charge on any atom is 0.280 e. The average Bonchev–Trinajstić information content (AvgIpc) is 3.18. The number of fused-ring (bicyclic) bond motifs is 1. The first-order valence-corrected chi connectivity index (χ1v) is 9.28. The van der Waals surface area contributed by atoms with Gasteiger partial charge in [-0.05, 0) is 30.2 Å². The second kappa shape index (κ2) is 9.08. The second-order valence-electron chi connectivity index (χ2n) is 6.61. The van der Waals surface area contributed by atoms with Crippen molar-refractivity contribution < 1.29 is 24.0 Å². The van der Waals surface area contributed by atoms with Gasteiger partial charge in [-0.2, -0.15) is 0 Å². The molecule has 9 heteroatoms. The molecule has 0 saturated carbocycles. The minimum Gasteiger partial charge on any atom is -0.454 e. The van der Waals surface area contributed by atoms with E-state index in [1.54, 1.807) is 6.07 Å². The molecule has 0 aromatic heterocycles. The first-order chi connectivity index (χ1) is 14.4. The molecule has 1 aliphatic heterocycles. The van der Waals surface area contributed by atoms with E-state index in [0.717, 1.165) is 12.0 Å². The molecule has 1 aliphatic rings. The normalized spacial score (nSPS) is 12.1. The molecule has 1 N–H and O–H groups in total. The molecule has 9 nitrogen and oxygen atoms in total. The first-order valence-electron chi connectivity index (χ1n) is 9.28. The fourth-order valence-electron chi connectivity index (χ4n) is 2.96. The molecule has 2 aromatic rings. The van der Waals surface area contributed by atoms with E-state index in [0.29, 0.717) is 11.4 Å². The Labute approximate surface area is 173 Å². The average molecular weight is 411 g/mol. The first kappa shape index (κ1) is 20.8. The Hall–Kier alpha value is -3.88. The van der Waals surface area contributed by atoms with E-state index in [4.69, 9.17) is 9.47 Å². The Morgan fingerprint density at radius 2 is 1.93 bits per heavy atom. The van der Waals surface area contributed by atoms with Crippen LogP contribution in [-0.4, -0.2) is 42.0 Å². The van der Waals surface area contributed by atoms with Crippen LogP contribution in [0.1, 0.15) is 18.1 Å². The molecule has 0 aliphatic carbocycles. The Kier molecular flexibility index (Phi) is 6.31. The topological polar surface area (TPSA) is 111 Å². The van der Waals surface area contributed by atoms with Crippen LogP contribution in [0.15, 0.2) is 42.5 Å². The van der Waals surface area contributed by atoms with Crippen LogP contribution in [0.3, 0.4) is 0 Å². The summed E-state index contributed by atoms with van der Waals surface area (Å²) in [6.45, 7) is 1.81. The highest BCUT2D eigenvalue weighted by molar-refractivity contribution is 5.98. The highest BCUT2D eigenvalue weighted by atomic mass is 16.7. The number of carbonyl (C=O) groups is 2. The van der Waals surface area contributed by atoms with Crippen molar-refractivity contribution in [3.63, 3.8) is 0 Å².